The molecule has 20 heavy (non-hydrogen) atoms. The van der Waals surface area contributed by atoms with E-state index >= 15 is 0 Å². The summed E-state index contributed by atoms with van der Waals surface area (Å²) in [6, 6.07) is 0. The van der Waals surface area contributed by atoms with Crippen molar-refractivity contribution in [2.75, 3.05) is 26.7 Å². The predicted octanol–water partition coefficient (Wildman–Crippen LogP) is 0.106. The molecule has 1 fully saturated rings. The molecule has 1 aliphatic rings. The molecule has 0 radical (unpaired) electrons. The van der Waals surface area contributed by atoms with Gasteiger partial charge in [-0.05, 0) is 20.8 Å². The molecule has 1 atom stereocenters. The molecule has 0 bridgehead atoms. The van der Waals surface area contributed by atoms with Crippen LogP contribution in [-0.4, -0.2) is 55.1 Å². The molecule has 1 saturated heterocycles. The lowest BCUT2D eigenvalue weighted by atomic mass is 10.1. The maximum atomic E-state index is 11.9. The van der Waals surface area contributed by atoms with Crippen molar-refractivity contribution in [3.63, 3.8) is 0 Å². The second kappa shape index (κ2) is 6.58. The number of ether oxygens (including phenoxy) is 1. The van der Waals surface area contributed by atoms with Crippen LogP contribution >= 0.6 is 0 Å². The first-order valence-electron chi connectivity index (χ1n) is 6.65. The Kier molecular flexibility index (Phi) is 5.35. The van der Waals surface area contributed by atoms with Crippen LogP contribution in [0.2, 0.25) is 0 Å². The van der Waals surface area contributed by atoms with Gasteiger partial charge in [0.05, 0.1) is 13.0 Å². The number of hydrogen-bond donors (Lipinski definition) is 2. The third-order valence-electron chi connectivity index (χ3n) is 3.18. The molecule has 0 saturated carbocycles. The van der Waals surface area contributed by atoms with E-state index in [4.69, 9.17) is 0 Å². The summed E-state index contributed by atoms with van der Waals surface area (Å²) in [5, 5.41) is 5.18. The number of rotatable bonds is 4. The van der Waals surface area contributed by atoms with Crippen molar-refractivity contribution in [2.45, 2.75) is 32.7 Å². The van der Waals surface area contributed by atoms with Crippen LogP contribution in [0.4, 0.5) is 4.79 Å². The standard InChI is InChI=1S/C13H23N3O4/c1-13(2,3)16-8-9(7-10(16)17)11(18)14-5-6-15-12(19)20-4/h9H,5-8H2,1-4H3,(H,14,18)(H,15,19). The summed E-state index contributed by atoms with van der Waals surface area (Å²) in [7, 11) is 1.28. The van der Waals surface area contributed by atoms with E-state index in [1.807, 2.05) is 20.8 Å². The molecule has 7 nitrogen and oxygen atoms in total. The van der Waals surface area contributed by atoms with Crippen LogP contribution in [-0.2, 0) is 14.3 Å². The van der Waals surface area contributed by atoms with Gasteiger partial charge in [-0.3, -0.25) is 9.59 Å². The number of methoxy groups -OCH3 is 1. The molecule has 1 rings (SSSR count). The highest BCUT2D eigenvalue weighted by Crippen LogP contribution is 2.25. The van der Waals surface area contributed by atoms with E-state index in [0.29, 0.717) is 19.6 Å². The van der Waals surface area contributed by atoms with E-state index in [0.717, 1.165) is 0 Å². The van der Waals surface area contributed by atoms with Crippen molar-refractivity contribution in [1.82, 2.24) is 15.5 Å². The zero-order chi connectivity index (χ0) is 15.3. The molecule has 0 aromatic carbocycles. The quantitative estimate of drug-likeness (QED) is 0.717. The van der Waals surface area contributed by atoms with Crippen LogP contribution in [0, 0.1) is 5.92 Å². The number of carbonyl (C=O) groups is 3. The fourth-order valence-electron chi connectivity index (χ4n) is 2.10. The molecule has 0 aliphatic carbocycles. The molecule has 0 spiro atoms. The number of nitrogens with zero attached hydrogens (tertiary/aromatic N) is 1. The van der Waals surface area contributed by atoms with Gasteiger partial charge in [0.2, 0.25) is 11.8 Å². The van der Waals surface area contributed by atoms with E-state index in [9.17, 15) is 14.4 Å². The zero-order valence-electron chi connectivity index (χ0n) is 12.5. The van der Waals surface area contributed by atoms with E-state index in [1.165, 1.54) is 7.11 Å². The van der Waals surface area contributed by atoms with Crippen LogP contribution < -0.4 is 10.6 Å². The van der Waals surface area contributed by atoms with Crippen molar-refractivity contribution >= 4 is 17.9 Å². The van der Waals surface area contributed by atoms with Gasteiger partial charge in [0, 0.05) is 31.6 Å². The Labute approximate surface area is 119 Å². The Morgan fingerprint density at radius 3 is 2.40 bits per heavy atom. The molecule has 0 aromatic heterocycles. The molecule has 1 unspecified atom stereocenters. The van der Waals surface area contributed by atoms with Gasteiger partial charge in [0.15, 0.2) is 0 Å². The Morgan fingerprint density at radius 2 is 1.90 bits per heavy atom. The minimum absolute atomic E-state index is 0.00494. The fourth-order valence-corrected chi connectivity index (χ4v) is 2.10. The van der Waals surface area contributed by atoms with Crippen molar-refractivity contribution < 1.29 is 19.1 Å². The van der Waals surface area contributed by atoms with E-state index < -0.39 is 6.09 Å². The van der Waals surface area contributed by atoms with Crippen LogP contribution in [0.5, 0.6) is 0 Å². The average molecular weight is 285 g/mol. The van der Waals surface area contributed by atoms with Crippen LogP contribution in [0.25, 0.3) is 0 Å². The maximum absolute atomic E-state index is 11.9. The van der Waals surface area contributed by atoms with Crippen LogP contribution in [0.15, 0.2) is 0 Å². The van der Waals surface area contributed by atoms with Crippen molar-refractivity contribution in [3.05, 3.63) is 0 Å². The number of amides is 3. The first-order valence-corrected chi connectivity index (χ1v) is 6.65. The lowest BCUT2D eigenvalue weighted by molar-refractivity contribution is -0.132. The SMILES string of the molecule is COC(=O)NCCNC(=O)C1CC(=O)N(C(C)(C)C)C1. The molecule has 114 valence electrons. The number of likely N-dealkylation sites (tertiary alicyclic amines) is 1. The number of nitrogens with one attached hydrogen (secondary N) is 2. The second-order valence-corrected chi connectivity index (χ2v) is 5.79. The third-order valence-corrected chi connectivity index (χ3v) is 3.18. The molecule has 7 heteroatoms. The minimum Gasteiger partial charge on any atom is -0.453 e. The minimum atomic E-state index is -0.533. The van der Waals surface area contributed by atoms with Gasteiger partial charge in [0.1, 0.15) is 0 Å². The molecule has 1 aliphatic heterocycles. The fraction of sp³-hybridized carbons (Fsp3) is 0.769. The summed E-state index contributed by atoms with van der Waals surface area (Å²) in [5.41, 5.74) is -0.265. The van der Waals surface area contributed by atoms with Gasteiger partial charge in [-0.15, -0.1) is 0 Å². The van der Waals surface area contributed by atoms with E-state index in [-0.39, 0.29) is 29.7 Å². The number of carbonyl (C=O) groups excluding carboxylic acids is 3. The molecule has 2 N–H and O–H groups in total. The van der Waals surface area contributed by atoms with E-state index in [1.54, 1.807) is 4.90 Å². The molecular weight excluding hydrogens is 262 g/mol. The largest absolute Gasteiger partial charge is 0.453 e. The Morgan fingerprint density at radius 1 is 1.30 bits per heavy atom. The van der Waals surface area contributed by atoms with Crippen LogP contribution in [0.1, 0.15) is 27.2 Å². The van der Waals surface area contributed by atoms with Gasteiger partial charge in [0.25, 0.3) is 0 Å². The average Bonchev–Trinajstić information content (AvgIpc) is 2.76. The van der Waals surface area contributed by atoms with Crippen molar-refractivity contribution in [2.24, 2.45) is 5.92 Å². The second-order valence-electron chi connectivity index (χ2n) is 5.79. The summed E-state index contributed by atoms with van der Waals surface area (Å²) >= 11 is 0. The van der Waals surface area contributed by atoms with Crippen LogP contribution in [0.3, 0.4) is 0 Å². The van der Waals surface area contributed by atoms with Gasteiger partial charge >= 0.3 is 6.09 Å². The highest BCUT2D eigenvalue weighted by atomic mass is 16.5. The normalized spacial score (nSPS) is 18.9. The Hall–Kier alpha value is -1.79. The Bertz CT molecular complexity index is 390. The summed E-state index contributed by atoms with van der Waals surface area (Å²) in [6.07, 6.45) is -0.290. The van der Waals surface area contributed by atoms with Gasteiger partial charge in [-0.1, -0.05) is 0 Å². The lowest BCUT2D eigenvalue weighted by Crippen LogP contribution is -2.43. The molecule has 1 heterocycles. The predicted molar refractivity (Wildman–Crippen MR) is 73.0 cm³/mol. The monoisotopic (exact) mass is 285 g/mol. The lowest BCUT2D eigenvalue weighted by Gasteiger charge is -2.31. The highest BCUT2D eigenvalue weighted by molar-refractivity contribution is 5.89. The molecule has 0 aromatic rings. The van der Waals surface area contributed by atoms with Gasteiger partial charge < -0.3 is 20.3 Å². The van der Waals surface area contributed by atoms with Gasteiger partial charge in [-0.2, -0.15) is 0 Å². The first kappa shape index (κ1) is 16.3. The molecule has 3 amide bonds. The highest BCUT2D eigenvalue weighted by Gasteiger charge is 2.39. The molecular formula is C13H23N3O4. The zero-order valence-corrected chi connectivity index (χ0v) is 12.5. The van der Waals surface area contributed by atoms with E-state index in [2.05, 4.69) is 15.4 Å². The van der Waals surface area contributed by atoms with Crippen molar-refractivity contribution in [3.8, 4) is 0 Å². The van der Waals surface area contributed by atoms with Gasteiger partial charge in [-0.25, -0.2) is 4.79 Å². The summed E-state index contributed by atoms with van der Waals surface area (Å²) in [4.78, 5) is 36.3. The summed E-state index contributed by atoms with van der Waals surface area (Å²) in [5.74, 6) is -0.470. The Balaban J connectivity index is 2.35. The number of alkyl carbamates (subject to hydrolysis) is 1. The third kappa shape index (κ3) is 4.40. The maximum Gasteiger partial charge on any atom is 0.406 e. The van der Waals surface area contributed by atoms with Crippen molar-refractivity contribution in [1.29, 1.82) is 0 Å². The smallest absolute Gasteiger partial charge is 0.406 e. The summed E-state index contributed by atoms with van der Waals surface area (Å²) < 4.78 is 4.41. The number of hydrogen-bond acceptors (Lipinski definition) is 4. The summed E-state index contributed by atoms with van der Waals surface area (Å²) in [6.45, 7) is 6.90. The first-order chi connectivity index (χ1) is 9.25. The topological polar surface area (TPSA) is 87.7 Å².